The quantitative estimate of drug-likeness (QED) is 0.904. The Morgan fingerprint density at radius 2 is 2.05 bits per heavy atom. The Balaban J connectivity index is 1.87. The predicted octanol–water partition coefficient (Wildman–Crippen LogP) is 2.50. The van der Waals surface area contributed by atoms with Crippen molar-refractivity contribution in [2.75, 3.05) is 25.5 Å². The Labute approximate surface area is 120 Å². The molecule has 112 valence electrons. The zero-order valence-corrected chi connectivity index (χ0v) is 12.7. The van der Waals surface area contributed by atoms with Gasteiger partial charge in [-0.15, -0.1) is 0 Å². The number of likely N-dealkylation sites (tertiary alicyclic amines) is 1. The maximum Gasteiger partial charge on any atom is 0.410 e. The molecule has 1 saturated heterocycles. The van der Waals surface area contributed by atoms with Crippen LogP contribution < -0.4 is 5.32 Å². The standard InChI is InChI=1S/C14H24N4O2/c1-14(2,3)20-13(19)17-7-5-12(6-8-17)18-10-11(15-4)9-16-18/h9-10,12,15H,5-8H2,1-4H3. The summed E-state index contributed by atoms with van der Waals surface area (Å²) in [5.74, 6) is 0. The van der Waals surface area contributed by atoms with Crippen molar-refractivity contribution in [2.24, 2.45) is 0 Å². The molecule has 1 aromatic heterocycles. The molecule has 2 rings (SSSR count). The second-order valence-corrected chi connectivity index (χ2v) is 6.16. The van der Waals surface area contributed by atoms with Gasteiger partial charge in [0.05, 0.1) is 17.9 Å². The van der Waals surface area contributed by atoms with Crippen molar-refractivity contribution in [1.82, 2.24) is 14.7 Å². The van der Waals surface area contributed by atoms with Crippen LogP contribution in [0.3, 0.4) is 0 Å². The third-order valence-corrected chi connectivity index (χ3v) is 3.38. The Bertz CT molecular complexity index is 456. The molecule has 0 unspecified atom stereocenters. The molecule has 2 heterocycles. The number of amides is 1. The topological polar surface area (TPSA) is 59.4 Å². The number of ether oxygens (including phenoxy) is 1. The summed E-state index contributed by atoms with van der Waals surface area (Å²) in [5.41, 5.74) is 0.581. The zero-order valence-electron chi connectivity index (χ0n) is 12.7. The third-order valence-electron chi connectivity index (χ3n) is 3.38. The van der Waals surface area contributed by atoms with Crippen molar-refractivity contribution < 1.29 is 9.53 Å². The molecule has 0 atom stereocenters. The summed E-state index contributed by atoms with van der Waals surface area (Å²) in [6.45, 7) is 7.10. The van der Waals surface area contributed by atoms with Gasteiger partial charge in [-0.05, 0) is 33.6 Å². The summed E-state index contributed by atoms with van der Waals surface area (Å²) in [6, 6.07) is 0.357. The SMILES string of the molecule is CNc1cnn(C2CCN(C(=O)OC(C)(C)C)CC2)c1. The minimum Gasteiger partial charge on any atom is -0.444 e. The van der Waals surface area contributed by atoms with Crippen molar-refractivity contribution in [3.8, 4) is 0 Å². The van der Waals surface area contributed by atoms with Gasteiger partial charge in [0.2, 0.25) is 0 Å². The van der Waals surface area contributed by atoms with E-state index in [0.29, 0.717) is 19.1 Å². The highest BCUT2D eigenvalue weighted by atomic mass is 16.6. The molecule has 1 aliphatic heterocycles. The molecular formula is C14H24N4O2. The summed E-state index contributed by atoms with van der Waals surface area (Å²) in [7, 11) is 1.88. The molecule has 1 N–H and O–H groups in total. The molecule has 0 radical (unpaired) electrons. The minimum atomic E-state index is -0.433. The molecule has 1 amide bonds. The van der Waals surface area contributed by atoms with Crippen LogP contribution in [0.5, 0.6) is 0 Å². The van der Waals surface area contributed by atoms with Crippen LogP contribution in [-0.4, -0.2) is 46.5 Å². The summed E-state index contributed by atoms with van der Waals surface area (Å²) >= 11 is 0. The van der Waals surface area contributed by atoms with E-state index < -0.39 is 5.60 Å². The fourth-order valence-electron chi connectivity index (χ4n) is 2.31. The Morgan fingerprint density at radius 1 is 1.40 bits per heavy atom. The van der Waals surface area contributed by atoms with Crippen LogP contribution in [-0.2, 0) is 4.74 Å². The smallest absolute Gasteiger partial charge is 0.410 e. The van der Waals surface area contributed by atoms with Gasteiger partial charge in [-0.25, -0.2) is 4.79 Å². The number of nitrogens with zero attached hydrogens (tertiary/aromatic N) is 3. The summed E-state index contributed by atoms with van der Waals surface area (Å²) in [5, 5.41) is 7.43. The lowest BCUT2D eigenvalue weighted by Crippen LogP contribution is -2.42. The maximum absolute atomic E-state index is 12.0. The van der Waals surface area contributed by atoms with Crippen LogP contribution in [0.4, 0.5) is 10.5 Å². The van der Waals surface area contributed by atoms with Crippen molar-refractivity contribution in [2.45, 2.75) is 45.3 Å². The first kappa shape index (κ1) is 14.7. The summed E-state index contributed by atoms with van der Waals surface area (Å²) in [4.78, 5) is 13.8. The van der Waals surface area contributed by atoms with Crippen LogP contribution in [0.25, 0.3) is 0 Å². The summed E-state index contributed by atoms with van der Waals surface area (Å²) in [6.07, 6.45) is 5.43. The van der Waals surface area contributed by atoms with E-state index in [-0.39, 0.29) is 6.09 Å². The highest BCUT2D eigenvalue weighted by molar-refractivity contribution is 5.68. The van der Waals surface area contributed by atoms with Crippen molar-refractivity contribution in [3.63, 3.8) is 0 Å². The zero-order chi connectivity index (χ0) is 14.8. The van der Waals surface area contributed by atoms with Gasteiger partial charge in [-0.3, -0.25) is 4.68 Å². The number of carbonyl (C=O) groups is 1. The lowest BCUT2D eigenvalue weighted by Gasteiger charge is -2.33. The Hall–Kier alpha value is -1.72. The molecule has 1 aromatic rings. The van der Waals surface area contributed by atoms with E-state index in [1.165, 1.54) is 0 Å². The van der Waals surface area contributed by atoms with E-state index in [2.05, 4.69) is 10.4 Å². The summed E-state index contributed by atoms with van der Waals surface area (Å²) < 4.78 is 7.38. The lowest BCUT2D eigenvalue weighted by molar-refractivity contribution is 0.0185. The first-order chi connectivity index (χ1) is 9.39. The largest absolute Gasteiger partial charge is 0.444 e. The molecule has 20 heavy (non-hydrogen) atoms. The first-order valence-corrected chi connectivity index (χ1v) is 7.09. The van der Waals surface area contributed by atoms with Gasteiger partial charge < -0.3 is 15.0 Å². The number of rotatable bonds is 2. The van der Waals surface area contributed by atoms with Crippen molar-refractivity contribution >= 4 is 11.8 Å². The fourth-order valence-corrected chi connectivity index (χ4v) is 2.31. The monoisotopic (exact) mass is 280 g/mol. The molecule has 6 heteroatoms. The third kappa shape index (κ3) is 3.65. The number of carbonyl (C=O) groups excluding carboxylic acids is 1. The molecule has 6 nitrogen and oxygen atoms in total. The van der Waals surface area contributed by atoms with E-state index in [1.807, 2.05) is 44.9 Å². The molecule has 1 fully saturated rings. The van der Waals surface area contributed by atoms with E-state index >= 15 is 0 Å². The van der Waals surface area contributed by atoms with Crippen LogP contribution in [0, 0.1) is 0 Å². The van der Waals surface area contributed by atoms with E-state index in [1.54, 1.807) is 4.90 Å². The average Bonchev–Trinajstić information content (AvgIpc) is 2.85. The van der Waals surface area contributed by atoms with E-state index in [9.17, 15) is 4.79 Å². The average molecular weight is 280 g/mol. The van der Waals surface area contributed by atoms with Crippen LogP contribution >= 0.6 is 0 Å². The second kappa shape index (κ2) is 5.73. The van der Waals surface area contributed by atoms with Crippen LogP contribution in [0.1, 0.15) is 39.7 Å². The van der Waals surface area contributed by atoms with Gasteiger partial charge in [0.1, 0.15) is 5.60 Å². The first-order valence-electron chi connectivity index (χ1n) is 7.09. The predicted molar refractivity (Wildman–Crippen MR) is 77.9 cm³/mol. The molecule has 0 spiro atoms. The highest BCUT2D eigenvalue weighted by Crippen LogP contribution is 2.24. The molecule has 0 aliphatic carbocycles. The number of hydrogen-bond acceptors (Lipinski definition) is 4. The van der Waals surface area contributed by atoms with Gasteiger partial charge in [-0.1, -0.05) is 0 Å². The molecule has 0 aromatic carbocycles. The molecule has 1 aliphatic rings. The number of nitrogens with one attached hydrogen (secondary N) is 1. The van der Waals surface area contributed by atoms with E-state index in [0.717, 1.165) is 18.5 Å². The van der Waals surface area contributed by atoms with Gasteiger partial charge >= 0.3 is 6.09 Å². The number of hydrogen-bond donors (Lipinski definition) is 1. The second-order valence-electron chi connectivity index (χ2n) is 6.16. The van der Waals surface area contributed by atoms with Gasteiger partial charge in [0, 0.05) is 26.3 Å². The van der Waals surface area contributed by atoms with Gasteiger partial charge in [0.25, 0.3) is 0 Å². The van der Waals surface area contributed by atoms with Crippen molar-refractivity contribution in [3.05, 3.63) is 12.4 Å². The number of aromatic nitrogens is 2. The minimum absolute atomic E-state index is 0.215. The number of anilines is 1. The Morgan fingerprint density at radius 3 is 2.55 bits per heavy atom. The Kier molecular flexibility index (Phi) is 4.20. The molecule has 0 saturated carbocycles. The highest BCUT2D eigenvalue weighted by Gasteiger charge is 2.27. The lowest BCUT2D eigenvalue weighted by atomic mass is 10.1. The van der Waals surface area contributed by atoms with Crippen LogP contribution in [0.2, 0.25) is 0 Å². The molecular weight excluding hydrogens is 256 g/mol. The number of piperidine rings is 1. The van der Waals surface area contributed by atoms with Gasteiger partial charge in [0.15, 0.2) is 0 Å². The van der Waals surface area contributed by atoms with E-state index in [4.69, 9.17) is 4.74 Å². The maximum atomic E-state index is 12.0. The molecule has 0 bridgehead atoms. The van der Waals surface area contributed by atoms with Gasteiger partial charge in [-0.2, -0.15) is 5.10 Å². The van der Waals surface area contributed by atoms with Crippen LogP contribution in [0.15, 0.2) is 12.4 Å². The normalized spacial score (nSPS) is 17.1. The van der Waals surface area contributed by atoms with Crippen molar-refractivity contribution in [1.29, 1.82) is 0 Å². The fraction of sp³-hybridized carbons (Fsp3) is 0.714.